The van der Waals surface area contributed by atoms with Crippen molar-refractivity contribution in [1.29, 1.82) is 0 Å². The second-order valence-electron chi connectivity index (χ2n) is 4.49. The van der Waals surface area contributed by atoms with Gasteiger partial charge in [0.1, 0.15) is 5.75 Å². The minimum atomic E-state index is -0.203. The first kappa shape index (κ1) is 15.9. The summed E-state index contributed by atoms with van der Waals surface area (Å²) in [5, 5.41) is 3.30. The zero-order valence-electron chi connectivity index (χ0n) is 11.7. The maximum Gasteiger partial charge on any atom is 0.255 e. The SMILES string of the molecule is CCOc1ccc(C(=O)Nc2ccc(Br)cc2C)cc1Cl. The molecule has 0 bridgehead atoms. The van der Waals surface area contributed by atoms with Crippen LogP contribution in [0.25, 0.3) is 0 Å². The van der Waals surface area contributed by atoms with Gasteiger partial charge in [0.15, 0.2) is 0 Å². The molecule has 110 valence electrons. The lowest BCUT2D eigenvalue weighted by molar-refractivity contribution is 0.102. The van der Waals surface area contributed by atoms with E-state index in [1.807, 2.05) is 32.0 Å². The molecule has 5 heteroatoms. The Morgan fingerprint density at radius 1 is 1.29 bits per heavy atom. The average molecular weight is 369 g/mol. The number of nitrogens with one attached hydrogen (secondary N) is 1. The number of hydrogen-bond acceptors (Lipinski definition) is 2. The first-order valence-electron chi connectivity index (χ1n) is 6.51. The molecule has 0 aliphatic carbocycles. The van der Waals surface area contributed by atoms with Crippen molar-refractivity contribution in [1.82, 2.24) is 0 Å². The second-order valence-corrected chi connectivity index (χ2v) is 5.81. The highest BCUT2D eigenvalue weighted by Gasteiger charge is 2.11. The molecule has 0 aromatic heterocycles. The van der Waals surface area contributed by atoms with E-state index in [0.717, 1.165) is 15.7 Å². The van der Waals surface area contributed by atoms with E-state index in [2.05, 4.69) is 21.2 Å². The van der Waals surface area contributed by atoms with Gasteiger partial charge in [-0.25, -0.2) is 0 Å². The van der Waals surface area contributed by atoms with Gasteiger partial charge in [-0.2, -0.15) is 0 Å². The lowest BCUT2D eigenvalue weighted by atomic mass is 10.1. The summed E-state index contributed by atoms with van der Waals surface area (Å²) < 4.78 is 6.33. The minimum absolute atomic E-state index is 0.203. The monoisotopic (exact) mass is 367 g/mol. The Labute approximate surface area is 137 Å². The number of benzene rings is 2. The van der Waals surface area contributed by atoms with Crippen LogP contribution in [0.1, 0.15) is 22.8 Å². The van der Waals surface area contributed by atoms with E-state index < -0.39 is 0 Å². The maximum atomic E-state index is 12.3. The predicted octanol–water partition coefficient (Wildman–Crippen LogP) is 5.06. The van der Waals surface area contributed by atoms with Gasteiger partial charge < -0.3 is 10.1 Å². The van der Waals surface area contributed by atoms with Crippen molar-refractivity contribution in [3.63, 3.8) is 0 Å². The molecule has 0 unspecified atom stereocenters. The molecule has 2 aromatic carbocycles. The summed E-state index contributed by atoms with van der Waals surface area (Å²) in [5.74, 6) is 0.376. The van der Waals surface area contributed by atoms with E-state index in [1.54, 1.807) is 18.2 Å². The third-order valence-corrected chi connectivity index (χ3v) is 3.72. The normalized spacial score (nSPS) is 10.3. The summed E-state index contributed by atoms with van der Waals surface area (Å²) in [5.41, 5.74) is 2.24. The quantitative estimate of drug-likeness (QED) is 0.819. The van der Waals surface area contributed by atoms with Crippen LogP contribution in [0.5, 0.6) is 5.75 Å². The number of anilines is 1. The number of amides is 1. The topological polar surface area (TPSA) is 38.3 Å². The highest BCUT2D eigenvalue weighted by Crippen LogP contribution is 2.26. The largest absolute Gasteiger partial charge is 0.492 e. The van der Waals surface area contributed by atoms with Crippen LogP contribution < -0.4 is 10.1 Å². The number of rotatable bonds is 4. The molecule has 0 spiro atoms. The molecule has 0 aliphatic heterocycles. The van der Waals surface area contributed by atoms with Crippen molar-refractivity contribution in [2.45, 2.75) is 13.8 Å². The Kier molecular flexibility index (Phi) is 5.26. The second kappa shape index (κ2) is 6.96. The van der Waals surface area contributed by atoms with Gasteiger partial charge in [-0.05, 0) is 55.8 Å². The third kappa shape index (κ3) is 3.99. The highest BCUT2D eigenvalue weighted by atomic mass is 79.9. The lowest BCUT2D eigenvalue weighted by Crippen LogP contribution is -2.12. The third-order valence-electron chi connectivity index (χ3n) is 2.93. The molecule has 0 saturated heterocycles. The van der Waals surface area contributed by atoms with Gasteiger partial charge in [-0.15, -0.1) is 0 Å². The summed E-state index contributed by atoms with van der Waals surface area (Å²) in [4.78, 5) is 12.3. The van der Waals surface area contributed by atoms with E-state index in [0.29, 0.717) is 22.9 Å². The molecule has 21 heavy (non-hydrogen) atoms. The zero-order chi connectivity index (χ0) is 15.4. The van der Waals surface area contributed by atoms with E-state index >= 15 is 0 Å². The van der Waals surface area contributed by atoms with Crippen molar-refractivity contribution in [3.8, 4) is 5.75 Å². The summed E-state index contributed by atoms with van der Waals surface area (Å²) in [6.45, 7) is 4.35. The first-order chi connectivity index (χ1) is 10.0. The highest BCUT2D eigenvalue weighted by molar-refractivity contribution is 9.10. The number of halogens is 2. The van der Waals surface area contributed by atoms with Gasteiger partial charge in [-0.3, -0.25) is 4.79 Å². The van der Waals surface area contributed by atoms with Crippen LogP contribution in [-0.4, -0.2) is 12.5 Å². The van der Waals surface area contributed by atoms with Gasteiger partial charge in [-0.1, -0.05) is 27.5 Å². The summed E-state index contributed by atoms with van der Waals surface area (Å²) in [6.07, 6.45) is 0. The fraction of sp³-hybridized carbons (Fsp3) is 0.188. The van der Waals surface area contributed by atoms with E-state index in [1.165, 1.54) is 0 Å². The van der Waals surface area contributed by atoms with Crippen LogP contribution >= 0.6 is 27.5 Å². The molecule has 1 amide bonds. The van der Waals surface area contributed by atoms with Crippen molar-refractivity contribution in [2.24, 2.45) is 0 Å². The van der Waals surface area contributed by atoms with Gasteiger partial charge in [0, 0.05) is 15.7 Å². The van der Waals surface area contributed by atoms with Gasteiger partial charge >= 0.3 is 0 Å². The molecule has 1 N–H and O–H groups in total. The predicted molar refractivity (Wildman–Crippen MR) is 89.5 cm³/mol. The molecule has 2 rings (SSSR count). The minimum Gasteiger partial charge on any atom is -0.492 e. The number of carbonyl (C=O) groups is 1. The average Bonchev–Trinajstić information content (AvgIpc) is 2.44. The number of hydrogen-bond donors (Lipinski definition) is 1. The van der Waals surface area contributed by atoms with E-state index in [4.69, 9.17) is 16.3 Å². The fourth-order valence-corrected chi connectivity index (χ4v) is 2.59. The Balaban J connectivity index is 2.18. The lowest BCUT2D eigenvalue weighted by Gasteiger charge is -2.10. The maximum absolute atomic E-state index is 12.3. The van der Waals surface area contributed by atoms with E-state index in [-0.39, 0.29) is 5.91 Å². The molecule has 0 radical (unpaired) electrons. The van der Waals surface area contributed by atoms with Crippen LogP contribution in [0.2, 0.25) is 5.02 Å². The van der Waals surface area contributed by atoms with Gasteiger partial charge in [0.2, 0.25) is 0 Å². The van der Waals surface area contributed by atoms with Crippen LogP contribution in [0.15, 0.2) is 40.9 Å². The molecule has 0 fully saturated rings. The molecule has 2 aromatic rings. The molecule has 0 heterocycles. The fourth-order valence-electron chi connectivity index (χ4n) is 1.88. The van der Waals surface area contributed by atoms with Crippen molar-refractivity contribution < 1.29 is 9.53 Å². The Morgan fingerprint density at radius 3 is 2.67 bits per heavy atom. The Bertz CT molecular complexity index is 673. The molecule has 0 saturated carbocycles. The molecular formula is C16H15BrClNO2. The van der Waals surface area contributed by atoms with Gasteiger partial charge in [0.25, 0.3) is 5.91 Å². The summed E-state index contributed by atoms with van der Waals surface area (Å²) in [7, 11) is 0. The van der Waals surface area contributed by atoms with Crippen molar-refractivity contribution in [3.05, 3.63) is 57.0 Å². The first-order valence-corrected chi connectivity index (χ1v) is 7.68. The molecule has 3 nitrogen and oxygen atoms in total. The summed E-state index contributed by atoms with van der Waals surface area (Å²) >= 11 is 9.49. The van der Waals surface area contributed by atoms with Crippen LogP contribution in [0.4, 0.5) is 5.69 Å². The Morgan fingerprint density at radius 2 is 2.05 bits per heavy atom. The Hall–Kier alpha value is -1.52. The summed E-state index contributed by atoms with van der Waals surface area (Å²) in [6, 6.07) is 10.7. The number of ether oxygens (including phenoxy) is 1. The van der Waals surface area contributed by atoms with Crippen LogP contribution in [0.3, 0.4) is 0 Å². The number of aryl methyl sites for hydroxylation is 1. The van der Waals surface area contributed by atoms with E-state index in [9.17, 15) is 4.79 Å². The molecular weight excluding hydrogens is 354 g/mol. The van der Waals surface area contributed by atoms with Gasteiger partial charge in [0.05, 0.1) is 11.6 Å². The van der Waals surface area contributed by atoms with Crippen molar-refractivity contribution in [2.75, 3.05) is 11.9 Å². The smallest absolute Gasteiger partial charge is 0.255 e. The van der Waals surface area contributed by atoms with Crippen LogP contribution in [0, 0.1) is 6.92 Å². The zero-order valence-corrected chi connectivity index (χ0v) is 14.1. The van der Waals surface area contributed by atoms with Crippen molar-refractivity contribution >= 4 is 39.1 Å². The van der Waals surface area contributed by atoms with Crippen LogP contribution in [-0.2, 0) is 0 Å². The number of carbonyl (C=O) groups excluding carboxylic acids is 1. The molecule has 0 aliphatic rings. The standard InChI is InChI=1S/C16H15BrClNO2/c1-3-21-15-7-4-11(9-13(15)18)16(20)19-14-6-5-12(17)8-10(14)2/h4-9H,3H2,1-2H3,(H,19,20). The molecule has 0 atom stereocenters.